The van der Waals surface area contributed by atoms with Crippen molar-refractivity contribution in [2.45, 2.75) is 39.0 Å². The van der Waals surface area contributed by atoms with Crippen molar-refractivity contribution in [3.63, 3.8) is 0 Å². The fraction of sp³-hybridized carbons (Fsp3) is 0.778. The molecule has 12 heavy (non-hydrogen) atoms. The number of carbonyl (C=O) groups excluding carboxylic acids is 1. The molecule has 0 unspecified atom stereocenters. The number of hydrogen-bond acceptors (Lipinski definition) is 3. The fourth-order valence-corrected chi connectivity index (χ4v) is 1.90. The summed E-state index contributed by atoms with van der Waals surface area (Å²) in [5.41, 5.74) is 0.816. The van der Waals surface area contributed by atoms with Crippen molar-refractivity contribution in [1.29, 1.82) is 0 Å². The second-order valence-electron chi connectivity index (χ2n) is 3.05. The monoisotopic (exact) mass is 185 g/mol. The summed E-state index contributed by atoms with van der Waals surface area (Å²) in [6.07, 6.45) is 5.77. The van der Waals surface area contributed by atoms with E-state index in [4.69, 9.17) is 0 Å². The molecule has 0 amide bonds. The number of carbonyl (C=O) groups is 1. The predicted molar refractivity (Wildman–Crippen MR) is 53.7 cm³/mol. The molecule has 0 bridgehead atoms. The lowest BCUT2D eigenvalue weighted by molar-refractivity contribution is -0.110. The first-order chi connectivity index (χ1) is 5.84. The van der Waals surface area contributed by atoms with Crippen LogP contribution >= 0.6 is 11.9 Å². The maximum Gasteiger partial charge on any atom is 0.189 e. The molecule has 0 N–H and O–H groups in total. The largest absolute Gasteiger partial charge is 0.292 e. The third kappa shape index (κ3) is 2.97. The number of ketones is 1. The molecule has 0 aliphatic carbocycles. The number of nitrogens with zero attached hydrogens (tertiary/aromatic N) is 1. The summed E-state index contributed by atoms with van der Waals surface area (Å²) in [6, 6.07) is 0. The highest BCUT2D eigenvalue weighted by Gasteiger charge is 2.16. The standard InChI is InChI=1S/C9H15NOS/c1-2-3-4-5-6-8-9(11)7-12-10-8/h2-7H2,1H3. The lowest BCUT2D eigenvalue weighted by Gasteiger charge is -1.97. The summed E-state index contributed by atoms with van der Waals surface area (Å²) >= 11 is 1.39. The number of Topliss-reactive ketones (excluding diaryl/α,β-unsaturated/α-hetero) is 1. The van der Waals surface area contributed by atoms with Crippen molar-refractivity contribution < 1.29 is 4.79 Å². The Kier molecular flexibility index (Phi) is 4.36. The van der Waals surface area contributed by atoms with Crippen LogP contribution in [-0.2, 0) is 4.79 Å². The molecular weight excluding hydrogens is 170 g/mol. The van der Waals surface area contributed by atoms with Crippen LogP contribution in [0.1, 0.15) is 39.0 Å². The van der Waals surface area contributed by atoms with Crippen LogP contribution < -0.4 is 0 Å². The van der Waals surface area contributed by atoms with Gasteiger partial charge in [0.1, 0.15) is 0 Å². The van der Waals surface area contributed by atoms with Gasteiger partial charge in [0.05, 0.1) is 11.5 Å². The predicted octanol–water partition coefficient (Wildman–Crippen LogP) is 2.63. The number of rotatable bonds is 5. The molecule has 0 aromatic heterocycles. The molecule has 1 aliphatic heterocycles. The van der Waals surface area contributed by atoms with Crippen molar-refractivity contribution in [2.75, 3.05) is 5.75 Å². The van der Waals surface area contributed by atoms with Gasteiger partial charge in [-0.2, -0.15) is 0 Å². The molecular formula is C9H15NOS. The quantitative estimate of drug-likeness (QED) is 0.486. The van der Waals surface area contributed by atoms with E-state index in [0.29, 0.717) is 5.75 Å². The van der Waals surface area contributed by atoms with Gasteiger partial charge >= 0.3 is 0 Å². The van der Waals surface area contributed by atoms with Crippen LogP contribution in [0.2, 0.25) is 0 Å². The lowest BCUT2D eigenvalue weighted by atomic mass is 10.1. The smallest absolute Gasteiger partial charge is 0.189 e. The van der Waals surface area contributed by atoms with E-state index in [0.717, 1.165) is 18.6 Å². The molecule has 0 saturated heterocycles. The molecule has 3 heteroatoms. The summed E-state index contributed by atoms with van der Waals surface area (Å²) in [4.78, 5) is 11.1. The van der Waals surface area contributed by atoms with Gasteiger partial charge in [-0.25, -0.2) is 4.40 Å². The zero-order valence-electron chi connectivity index (χ0n) is 7.51. The lowest BCUT2D eigenvalue weighted by Crippen LogP contribution is -2.10. The van der Waals surface area contributed by atoms with E-state index in [-0.39, 0.29) is 5.78 Å². The maximum atomic E-state index is 11.1. The van der Waals surface area contributed by atoms with Crippen LogP contribution in [0.15, 0.2) is 4.40 Å². The minimum Gasteiger partial charge on any atom is -0.292 e. The van der Waals surface area contributed by atoms with E-state index in [1.807, 2.05) is 0 Å². The number of hydrogen-bond donors (Lipinski definition) is 0. The molecule has 0 atom stereocenters. The van der Waals surface area contributed by atoms with E-state index < -0.39 is 0 Å². The van der Waals surface area contributed by atoms with Gasteiger partial charge in [0, 0.05) is 0 Å². The summed E-state index contributed by atoms with van der Waals surface area (Å²) in [5.74, 6) is 0.819. The van der Waals surface area contributed by atoms with Crippen LogP contribution in [0.4, 0.5) is 0 Å². The highest BCUT2D eigenvalue weighted by atomic mass is 32.2. The summed E-state index contributed by atoms with van der Waals surface area (Å²) in [5, 5.41) is 0. The Labute approximate surface area is 78.0 Å². The SMILES string of the molecule is CCCCCCC1=NSCC1=O. The number of unbranched alkanes of at least 4 members (excludes halogenated alkanes) is 3. The van der Waals surface area contributed by atoms with E-state index in [1.165, 1.54) is 31.2 Å². The first-order valence-corrected chi connectivity index (χ1v) is 5.51. The Bertz CT molecular complexity index is 189. The molecule has 0 fully saturated rings. The van der Waals surface area contributed by atoms with Gasteiger partial charge in [-0.15, -0.1) is 0 Å². The topological polar surface area (TPSA) is 29.4 Å². The van der Waals surface area contributed by atoms with Gasteiger partial charge in [-0.1, -0.05) is 26.2 Å². The van der Waals surface area contributed by atoms with Crippen LogP contribution in [0.25, 0.3) is 0 Å². The molecule has 0 radical (unpaired) electrons. The van der Waals surface area contributed by atoms with E-state index in [2.05, 4.69) is 11.3 Å². The second-order valence-corrected chi connectivity index (χ2v) is 3.77. The molecule has 1 aliphatic rings. The van der Waals surface area contributed by atoms with Crippen LogP contribution in [-0.4, -0.2) is 17.2 Å². The zero-order valence-corrected chi connectivity index (χ0v) is 8.32. The van der Waals surface area contributed by atoms with Crippen LogP contribution in [0.5, 0.6) is 0 Å². The molecule has 0 spiro atoms. The molecule has 0 aromatic rings. The van der Waals surface area contributed by atoms with Crippen molar-refractivity contribution in [1.82, 2.24) is 0 Å². The normalized spacial score (nSPS) is 16.8. The van der Waals surface area contributed by atoms with Crippen LogP contribution in [0.3, 0.4) is 0 Å². The van der Waals surface area contributed by atoms with Crippen molar-refractivity contribution >= 4 is 23.4 Å². The Morgan fingerprint density at radius 1 is 1.42 bits per heavy atom. The van der Waals surface area contributed by atoms with Gasteiger partial charge in [0.15, 0.2) is 5.78 Å². The van der Waals surface area contributed by atoms with Gasteiger partial charge in [-0.05, 0) is 24.8 Å². The maximum absolute atomic E-state index is 11.1. The second kappa shape index (κ2) is 5.36. The van der Waals surface area contributed by atoms with Gasteiger partial charge < -0.3 is 0 Å². The summed E-state index contributed by atoms with van der Waals surface area (Å²) < 4.78 is 4.10. The molecule has 1 heterocycles. The van der Waals surface area contributed by atoms with Gasteiger partial charge in [0.25, 0.3) is 0 Å². The third-order valence-electron chi connectivity index (χ3n) is 1.96. The molecule has 1 rings (SSSR count). The molecule has 0 saturated carbocycles. The van der Waals surface area contributed by atoms with E-state index >= 15 is 0 Å². The van der Waals surface area contributed by atoms with Gasteiger partial charge in [-0.3, -0.25) is 4.79 Å². The Morgan fingerprint density at radius 2 is 2.25 bits per heavy atom. The Hall–Kier alpha value is -0.310. The Balaban J connectivity index is 2.10. The average molecular weight is 185 g/mol. The zero-order chi connectivity index (χ0) is 8.81. The third-order valence-corrected chi connectivity index (χ3v) is 2.70. The van der Waals surface area contributed by atoms with E-state index in [9.17, 15) is 4.79 Å². The summed E-state index contributed by atoms with van der Waals surface area (Å²) in [6.45, 7) is 2.19. The summed E-state index contributed by atoms with van der Waals surface area (Å²) in [7, 11) is 0. The highest BCUT2D eigenvalue weighted by molar-refractivity contribution is 7.99. The molecule has 68 valence electrons. The molecule has 2 nitrogen and oxygen atoms in total. The van der Waals surface area contributed by atoms with Crippen molar-refractivity contribution in [2.24, 2.45) is 4.40 Å². The first-order valence-electron chi connectivity index (χ1n) is 4.56. The Morgan fingerprint density at radius 3 is 2.83 bits per heavy atom. The van der Waals surface area contributed by atoms with E-state index in [1.54, 1.807) is 0 Å². The molecule has 0 aromatic carbocycles. The fourth-order valence-electron chi connectivity index (χ4n) is 1.21. The highest BCUT2D eigenvalue weighted by Crippen LogP contribution is 2.16. The van der Waals surface area contributed by atoms with Gasteiger partial charge in [0.2, 0.25) is 0 Å². The minimum atomic E-state index is 0.247. The van der Waals surface area contributed by atoms with Crippen molar-refractivity contribution in [3.05, 3.63) is 0 Å². The minimum absolute atomic E-state index is 0.247. The first kappa shape index (κ1) is 9.78. The van der Waals surface area contributed by atoms with Crippen LogP contribution in [0, 0.1) is 0 Å². The van der Waals surface area contributed by atoms with Crippen molar-refractivity contribution in [3.8, 4) is 0 Å². The average Bonchev–Trinajstić information content (AvgIpc) is 2.46.